The average Bonchev–Trinajstić information content (AvgIpc) is 3.38. The number of amides is 1. The summed E-state index contributed by atoms with van der Waals surface area (Å²) < 4.78 is 39.9. The van der Waals surface area contributed by atoms with Crippen molar-refractivity contribution in [3.63, 3.8) is 0 Å². The highest BCUT2D eigenvalue weighted by Gasteiger charge is 2.29. The van der Waals surface area contributed by atoms with E-state index in [0.717, 1.165) is 18.6 Å². The molecular formula is C23H23F3N4O. The minimum absolute atomic E-state index is 0.0977. The Kier molecular flexibility index (Phi) is 6.06. The van der Waals surface area contributed by atoms with E-state index in [1.54, 1.807) is 35.1 Å². The molecule has 2 aromatic heterocycles. The van der Waals surface area contributed by atoms with E-state index in [0.29, 0.717) is 34.9 Å². The fourth-order valence-electron chi connectivity index (χ4n) is 3.94. The van der Waals surface area contributed by atoms with E-state index in [9.17, 15) is 18.0 Å². The molecule has 0 bridgehead atoms. The van der Waals surface area contributed by atoms with E-state index in [4.69, 9.17) is 0 Å². The van der Waals surface area contributed by atoms with Gasteiger partial charge in [-0.25, -0.2) is 9.50 Å². The van der Waals surface area contributed by atoms with Gasteiger partial charge in [0.25, 0.3) is 0 Å². The fraction of sp³-hybridized carbons (Fsp3) is 0.348. The van der Waals surface area contributed by atoms with Crippen LogP contribution in [0.1, 0.15) is 55.2 Å². The maximum Gasteiger partial charge on any atom is 0.416 e. The number of hydrogen-bond acceptors (Lipinski definition) is 3. The Balaban J connectivity index is 1.53. The Bertz CT molecular complexity index is 1080. The lowest BCUT2D eigenvalue weighted by Gasteiger charge is -2.08. The van der Waals surface area contributed by atoms with Gasteiger partial charge in [-0.2, -0.15) is 13.2 Å². The number of carbonyl (C=O) groups is 1. The molecule has 0 spiro atoms. The molecule has 1 aromatic carbocycles. The molecule has 0 atom stereocenters. The summed E-state index contributed by atoms with van der Waals surface area (Å²) in [7, 11) is 0. The van der Waals surface area contributed by atoms with Crippen LogP contribution in [0.15, 0.2) is 42.7 Å². The minimum atomic E-state index is -4.37. The highest BCUT2D eigenvalue weighted by atomic mass is 19.4. The largest absolute Gasteiger partial charge is 0.416 e. The van der Waals surface area contributed by atoms with Crippen molar-refractivity contribution in [2.75, 3.05) is 5.32 Å². The predicted octanol–water partition coefficient (Wildman–Crippen LogP) is 5.83. The molecular weight excluding hydrogens is 405 g/mol. The third-order valence-corrected chi connectivity index (χ3v) is 5.62. The molecule has 0 aliphatic heterocycles. The summed E-state index contributed by atoms with van der Waals surface area (Å²) in [6, 6.07) is 6.62. The van der Waals surface area contributed by atoms with Crippen molar-refractivity contribution < 1.29 is 18.0 Å². The number of aromatic nitrogens is 3. The maximum atomic E-state index is 12.8. The maximum absolute atomic E-state index is 12.8. The zero-order valence-corrected chi connectivity index (χ0v) is 16.9. The van der Waals surface area contributed by atoms with Crippen molar-refractivity contribution in [2.45, 2.75) is 44.7 Å². The van der Waals surface area contributed by atoms with Crippen LogP contribution in [0.4, 0.5) is 19.0 Å². The van der Waals surface area contributed by atoms with Gasteiger partial charge < -0.3 is 5.32 Å². The van der Waals surface area contributed by atoms with E-state index in [2.05, 4.69) is 15.4 Å². The number of nitrogens with zero attached hydrogens (tertiary/aromatic N) is 3. The Hall–Kier alpha value is -3.16. The van der Waals surface area contributed by atoms with Gasteiger partial charge in [0.05, 0.1) is 11.1 Å². The van der Waals surface area contributed by atoms with Crippen LogP contribution >= 0.6 is 0 Å². The Morgan fingerprint density at radius 3 is 2.61 bits per heavy atom. The third kappa shape index (κ3) is 5.13. The number of alkyl halides is 3. The van der Waals surface area contributed by atoms with Crippen LogP contribution in [0.2, 0.25) is 0 Å². The van der Waals surface area contributed by atoms with Gasteiger partial charge >= 0.3 is 6.18 Å². The topological polar surface area (TPSA) is 59.3 Å². The molecule has 162 valence electrons. The molecule has 1 saturated carbocycles. The first-order valence-corrected chi connectivity index (χ1v) is 10.4. The lowest BCUT2D eigenvalue weighted by Crippen LogP contribution is -2.13. The van der Waals surface area contributed by atoms with Crippen LogP contribution in [-0.4, -0.2) is 20.5 Å². The standard InChI is InChI=1S/C23H23F3N4O/c24-23(25,26)18-10-6-17(7-11-18)8-12-19-21(29-30-15-3-14-27-22(19)30)28-20(31)13-9-16-4-1-2-5-16/h3,6-8,10-12,14-16H,1-2,4-5,9,13H2,(H,28,29,31). The van der Waals surface area contributed by atoms with Gasteiger partial charge in [0, 0.05) is 18.8 Å². The van der Waals surface area contributed by atoms with Crippen molar-refractivity contribution >= 4 is 29.5 Å². The number of hydrogen-bond donors (Lipinski definition) is 1. The van der Waals surface area contributed by atoms with Crippen LogP contribution in [-0.2, 0) is 11.0 Å². The van der Waals surface area contributed by atoms with E-state index in [1.165, 1.54) is 37.8 Å². The van der Waals surface area contributed by atoms with Crippen molar-refractivity contribution in [3.05, 3.63) is 59.4 Å². The second-order valence-electron chi connectivity index (χ2n) is 7.84. The summed E-state index contributed by atoms with van der Waals surface area (Å²) in [6.07, 6.45) is 8.54. The fourth-order valence-corrected chi connectivity index (χ4v) is 3.94. The second kappa shape index (κ2) is 8.91. The number of anilines is 1. The zero-order valence-electron chi connectivity index (χ0n) is 16.9. The minimum Gasteiger partial charge on any atom is -0.309 e. The second-order valence-corrected chi connectivity index (χ2v) is 7.84. The third-order valence-electron chi connectivity index (χ3n) is 5.62. The summed E-state index contributed by atoms with van der Waals surface area (Å²) in [5.74, 6) is 0.908. The van der Waals surface area contributed by atoms with Crippen LogP contribution < -0.4 is 5.32 Å². The van der Waals surface area contributed by atoms with Crippen LogP contribution in [0.25, 0.3) is 17.8 Å². The quantitative estimate of drug-likeness (QED) is 0.538. The first-order valence-electron chi connectivity index (χ1n) is 10.4. The Labute approximate surface area is 178 Å². The molecule has 0 saturated heterocycles. The number of rotatable bonds is 6. The molecule has 1 N–H and O–H groups in total. The highest BCUT2D eigenvalue weighted by molar-refractivity contribution is 5.94. The highest BCUT2D eigenvalue weighted by Crippen LogP contribution is 2.30. The summed E-state index contributed by atoms with van der Waals surface area (Å²) in [5, 5.41) is 7.29. The molecule has 4 rings (SSSR count). The van der Waals surface area contributed by atoms with Gasteiger partial charge in [-0.1, -0.05) is 43.9 Å². The molecule has 1 fully saturated rings. The number of halogens is 3. The van der Waals surface area contributed by atoms with E-state index in [1.807, 2.05) is 0 Å². The number of benzene rings is 1. The number of carbonyl (C=O) groups excluding carboxylic acids is 1. The molecule has 0 unspecified atom stereocenters. The molecule has 1 amide bonds. The zero-order chi connectivity index (χ0) is 21.8. The molecule has 5 nitrogen and oxygen atoms in total. The normalized spacial score (nSPS) is 15.2. The summed E-state index contributed by atoms with van der Waals surface area (Å²) in [5.41, 5.74) is 1.06. The van der Waals surface area contributed by atoms with Crippen LogP contribution in [0.3, 0.4) is 0 Å². The van der Waals surface area contributed by atoms with Gasteiger partial charge in [-0.15, -0.1) is 5.10 Å². The first-order chi connectivity index (χ1) is 14.9. The summed E-state index contributed by atoms with van der Waals surface area (Å²) >= 11 is 0. The lowest BCUT2D eigenvalue weighted by molar-refractivity contribution is -0.137. The molecule has 1 aliphatic carbocycles. The number of nitrogens with one attached hydrogen (secondary N) is 1. The van der Waals surface area contributed by atoms with E-state index >= 15 is 0 Å². The molecule has 8 heteroatoms. The lowest BCUT2D eigenvalue weighted by atomic mass is 10.0. The van der Waals surface area contributed by atoms with Gasteiger partial charge in [0.1, 0.15) is 0 Å². The summed E-state index contributed by atoms with van der Waals surface area (Å²) in [4.78, 5) is 16.8. The molecule has 0 radical (unpaired) electrons. The van der Waals surface area contributed by atoms with Gasteiger partial charge in [0.2, 0.25) is 5.91 Å². The molecule has 2 heterocycles. The SMILES string of the molecule is O=C(CCC1CCCC1)Nc1nn2cccnc2c1C=Cc1ccc(C(F)(F)F)cc1. The van der Waals surface area contributed by atoms with Crippen molar-refractivity contribution in [2.24, 2.45) is 5.92 Å². The van der Waals surface area contributed by atoms with Crippen LogP contribution in [0.5, 0.6) is 0 Å². The van der Waals surface area contributed by atoms with Gasteiger partial charge in [-0.3, -0.25) is 4.79 Å². The van der Waals surface area contributed by atoms with Gasteiger partial charge in [-0.05, 0) is 42.2 Å². The Morgan fingerprint density at radius 1 is 1.16 bits per heavy atom. The predicted molar refractivity (Wildman–Crippen MR) is 113 cm³/mol. The Morgan fingerprint density at radius 2 is 1.90 bits per heavy atom. The van der Waals surface area contributed by atoms with Crippen molar-refractivity contribution in [1.82, 2.24) is 14.6 Å². The van der Waals surface area contributed by atoms with Crippen molar-refractivity contribution in [1.29, 1.82) is 0 Å². The van der Waals surface area contributed by atoms with Gasteiger partial charge in [0.15, 0.2) is 11.5 Å². The molecule has 31 heavy (non-hydrogen) atoms. The smallest absolute Gasteiger partial charge is 0.309 e. The first kappa shape index (κ1) is 21.1. The molecule has 3 aromatic rings. The average molecular weight is 428 g/mol. The van der Waals surface area contributed by atoms with Crippen LogP contribution in [0, 0.1) is 5.92 Å². The molecule has 1 aliphatic rings. The van der Waals surface area contributed by atoms with E-state index in [-0.39, 0.29) is 5.91 Å². The van der Waals surface area contributed by atoms with E-state index < -0.39 is 11.7 Å². The number of fused-ring (bicyclic) bond motifs is 1. The van der Waals surface area contributed by atoms with Crippen molar-refractivity contribution in [3.8, 4) is 0 Å². The monoisotopic (exact) mass is 428 g/mol. The summed E-state index contributed by atoms with van der Waals surface area (Å²) in [6.45, 7) is 0.